The number of nitriles is 1. The second kappa shape index (κ2) is 6.82. The summed E-state index contributed by atoms with van der Waals surface area (Å²) in [4.78, 5) is 12.5. The van der Waals surface area contributed by atoms with Crippen LogP contribution in [-0.4, -0.2) is 6.03 Å². The molecule has 1 aliphatic rings. The number of hydrogen-bond donors (Lipinski definition) is 2. The van der Waals surface area contributed by atoms with Crippen molar-refractivity contribution >= 4 is 17.4 Å². The van der Waals surface area contributed by atoms with Crippen LogP contribution in [-0.2, 0) is 6.42 Å². The van der Waals surface area contributed by atoms with Crippen LogP contribution >= 0.6 is 0 Å². The summed E-state index contributed by atoms with van der Waals surface area (Å²) in [5.41, 5.74) is 3.76. The Bertz CT molecular complexity index is 864. The number of carbonyl (C=O) groups excluding carboxylic acids is 1. The quantitative estimate of drug-likeness (QED) is 0.855. The molecule has 2 aromatic rings. The molecule has 4 heteroatoms. The van der Waals surface area contributed by atoms with E-state index in [1.165, 1.54) is 0 Å². The summed E-state index contributed by atoms with van der Waals surface area (Å²) >= 11 is 0. The summed E-state index contributed by atoms with van der Waals surface area (Å²) in [6.45, 7) is 4.16. The molecule has 0 saturated heterocycles. The summed E-state index contributed by atoms with van der Waals surface area (Å²) in [5, 5.41) is 15.5. The molecule has 0 bridgehead atoms. The van der Waals surface area contributed by atoms with E-state index in [4.69, 9.17) is 0 Å². The molecule has 0 radical (unpaired) electrons. The van der Waals surface area contributed by atoms with Crippen molar-refractivity contribution in [3.05, 3.63) is 71.3 Å². The zero-order valence-electron chi connectivity index (χ0n) is 14.5. The molecule has 0 saturated carbocycles. The van der Waals surface area contributed by atoms with E-state index >= 15 is 0 Å². The number of allylic oxidation sites excluding steroid dienone is 1. The van der Waals surface area contributed by atoms with Crippen molar-refractivity contribution in [2.45, 2.75) is 26.7 Å². The van der Waals surface area contributed by atoms with Crippen LogP contribution in [0.4, 0.5) is 10.5 Å². The lowest BCUT2D eigenvalue weighted by Crippen LogP contribution is -2.35. The minimum Gasteiger partial charge on any atom is -0.308 e. The average Bonchev–Trinajstić information content (AvgIpc) is 2.62. The predicted molar refractivity (Wildman–Crippen MR) is 99.7 cm³/mol. The lowest BCUT2D eigenvalue weighted by molar-refractivity contribution is 0.255. The van der Waals surface area contributed by atoms with Gasteiger partial charge >= 0.3 is 6.03 Å². The minimum atomic E-state index is -0.343. The SMILES string of the molecule is CCC1(C)Cc2ccccc2C(NC(=O)Nc2ccccc2)=C1C#N. The molecular formula is C21H21N3O. The van der Waals surface area contributed by atoms with E-state index in [1.54, 1.807) is 0 Å². The van der Waals surface area contributed by atoms with E-state index in [0.717, 1.165) is 24.0 Å². The van der Waals surface area contributed by atoms with Crippen molar-refractivity contribution < 1.29 is 4.79 Å². The molecule has 1 aliphatic carbocycles. The Hall–Kier alpha value is -3.06. The van der Waals surface area contributed by atoms with Crippen LogP contribution in [0.25, 0.3) is 5.70 Å². The maximum atomic E-state index is 12.5. The van der Waals surface area contributed by atoms with E-state index in [0.29, 0.717) is 17.0 Å². The number of anilines is 1. The number of carbonyl (C=O) groups is 1. The van der Waals surface area contributed by atoms with Gasteiger partial charge in [0, 0.05) is 16.7 Å². The maximum absolute atomic E-state index is 12.5. The van der Waals surface area contributed by atoms with Crippen molar-refractivity contribution in [2.75, 3.05) is 5.32 Å². The van der Waals surface area contributed by atoms with Crippen molar-refractivity contribution in [3.63, 3.8) is 0 Å². The highest BCUT2D eigenvalue weighted by molar-refractivity contribution is 5.97. The molecule has 25 heavy (non-hydrogen) atoms. The van der Waals surface area contributed by atoms with Gasteiger partial charge in [-0.15, -0.1) is 0 Å². The van der Waals surface area contributed by atoms with Gasteiger partial charge in [0.25, 0.3) is 0 Å². The number of nitrogens with one attached hydrogen (secondary N) is 2. The fraction of sp³-hybridized carbons (Fsp3) is 0.238. The molecule has 3 rings (SSSR count). The Morgan fingerprint density at radius 3 is 2.48 bits per heavy atom. The van der Waals surface area contributed by atoms with E-state index in [1.807, 2.05) is 48.5 Å². The topological polar surface area (TPSA) is 64.9 Å². The number of para-hydroxylation sites is 1. The first-order valence-electron chi connectivity index (χ1n) is 8.43. The van der Waals surface area contributed by atoms with Gasteiger partial charge < -0.3 is 10.6 Å². The van der Waals surface area contributed by atoms with E-state index in [-0.39, 0.29) is 11.4 Å². The maximum Gasteiger partial charge on any atom is 0.323 e. The van der Waals surface area contributed by atoms with Crippen LogP contribution < -0.4 is 10.6 Å². The third-order valence-corrected chi connectivity index (χ3v) is 4.88. The first-order chi connectivity index (χ1) is 12.1. The monoisotopic (exact) mass is 331 g/mol. The summed E-state index contributed by atoms with van der Waals surface area (Å²) in [5.74, 6) is 0. The molecule has 2 amide bonds. The van der Waals surface area contributed by atoms with Gasteiger partial charge in [0.2, 0.25) is 0 Å². The van der Waals surface area contributed by atoms with E-state index in [9.17, 15) is 10.1 Å². The number of rotatable bonds is 3. The van der Waals surface area contributed by atoms with Crippen LogP contribution in [0.3, 0.4) is 0 Å². The van der Waals surface area contributed by atoms with Gasteiger partial charge in [-0.3, -0.25) is 0 Å². The fourth-order valence-corrected chi connectivity index (χ4v) is 3.28. The highest BCUT2D eigenvalue weighted by Crippen LogP contribution is 2.43. The van der Waals surface area contributed by atoms with Crippen LogP contribution in [0.5, 0.6) is 0 Å². The molecule has 2 N–H and O–H groups in total. The highest BCUT2D eigenvalue weighted by Gasteiger charge is 2.36. The Morgan fingerprint density at radius 1 is 1.12 bits per heavy atom. The van der Waals surface area contributed by atoms with E-state index < -0.39 is 0 Å². The summed E-state index contributed by atoms with van der Waals surface area (Å²) in [6.07, 6.45) is 1.63. The lowest BCUT2D eigenvalue weighted by Gasteiger charge is -2.35. The predicted octanol–water partition coefficient (Wildman–Crippen LogP) is 4.72. The molecule has 2 aromatic carbocycles. The molecule has 0 aliphatic heterocycles. The van der Waals surface area contributed by atoms with Crippen LogP contribution in [0.2, 0.25) is 0 Å². The second-order valence-electron chi connectivity index (χ2n) is 6.56. The third-order valence-electron chi connectivity index (χ3n) is 4.88. The van der Waals surface area contributed by atoms with Gasteiger partial charge in [-0.2, -0.15) is 5.26 Å². The van der Waals surface area contributed by atoms with Gasteiger partial charge in [0.05, 0.1) is 17.3 Å². The largest absolute Gasteiger partial charge is 0.323 e. The molecule has 1 unspecified atom stereocenters. The zero-order chi connectivity index (χ0) is 17.9. The second-order valence-corrected chi connectivity index (χ2v) is 6.56. The number of fused-ring (bicyclic) bond motifs is 1. The van der Waals surface area contributed by atoms with Gasteiger partial charge in [-0.05, 0) is 30.5 Å². The van der Waals surface area contributed by atoms with Crippen molar-refractivity contribution in [3.8, 4) is 6.07 Å². The number of benzene rings is 2. The van der Waals surface area contributed by atoms with Gasteiger partial charge in [-0.1, -0.05) is 56.3 Å². The molecule has 0 spiro atoms. The Morgan fingerprint density at radius 2 is 1.80 bits per heavy atom. The van der Waals surface area contributed by atoms with Crippen molar-refractivity contribution in [1.29, 1.82) is 5.26 Å². The Labute approximate surface area is 148 Å². The fourth-order valence-electron chi connectivity index (χ4n) is 3.28. The van der Waals surface area contributed by atoms with Gasteiger partial charge in [0.15, 0.2) is 0 Å². The van der Waals surface area contributed by atoms with Crippen molar-refractivity contribution in [2.24, 2.45) is 5.41 Å². The molecule has 4 nitrogen and oxygen atoms in total. The van der Waals surface area contributed by atoms with Crippen LogP contribution in [0.1, 0.15) is 31.4 Å². The molecule has 1 atom stereocenters. The first kappa shape index (κ1) is 16.8. The summed E-state index contributed by atoms with van der Waals surface area (Å²) in [7, 11) is 0. The number of urea groups is 1. The average molecular weight is 331 g/mol. The molecule has 0 aromatic heterocycles. The zero-order valence-corrected chi connectivity index (χ0v) is 14.5. The van der Waals surface area contributed by atoms with Crippen LogP contribution in [0.15, 0.2) is 60.2 Å². The molecule has 0 heterocycles. The summed E-state index contributed by atoms with van der Waals surface area (Å²) < 4.78 is 0. The third kappa shape index (κ3) is 3.27. The lowest BCUT2D eigenvalue weighted by atomic mass is 9.69. The Balaban J connectivity index is 1.98. The van der Waals surface area contributed by atoms with Gasteiger partial charge in [0.1, 0.15) is 0 Å². The normalized spacial score (nSPS) is 18.9. The number of amides is 2. The number of nitrogens with zero attached hydrogens (tertiary/aromatic N) is 1. The molecule has 0 fully saturated rings. The highest BCUT2D eigenvalue weighted by atomic mass is 16.2. The molecule has 126 valence electrons. The minimum absolute atomic E-state index is 0.279. The smallest absolute Gasteiger partial charge is 0.308 e. The standard InChI is InChI=1S/C21H21N3O/c1-3-21(2)13-15-9-7-8-12-17(15)19(18(21)14-22)24-20(25)23-16-10-5-4-6-11-16/h4-12H,3,13H2,1-2H3,(H2,23,24,25). The van der Waals surface area contributed by atoms with Crippen molar-refractivity contribution in [1.82, 2.24) is 5.32 Å². The molecular weight excluding hydrogens is 310 g/mol. The Kier molecular flexibility index (Phi) is 4.58. The van der Waals surface area contributed by atoms with E-state index in [2.05, 4.69) is 36.6 Å². The van der Waals surface area contributed by atoms with Gasteiger partial charge in [-0.25, -0.2) is 4.79 Å². The summed E-state index contributed by atoms with van der Waals surface area (Å²) in [6, 6.07) is 19.2. The van der Waals surface area contributed by atoms with Crippen LogP contribution in [0, 0.1) is 16.7 Å². The first-order valence-corrected chi connectivity index (χ1v) is 8.43. The number of hydrogen-bond acceptors (Lipinski definition) is 2.